The smallest absolute Gasteiger partial charge is 0.248 e. The highest BCUT2D eigenvalue weighted by Crippen LogP contribution is 2.36. The number of H-pyrrole nitrogens is 1. The number of anilines is 1. The lowest BCUT2D eigenvalue weighted by molar-refractivity contribution is 0.297. The monoisotopic (exact) mass is 281 g/mol. The van der Waals surface area contributed by atoms with Crippen molar-refractivity contribution in [3.63, 3.8) is 0 Å². The number of nitrogens with one attached hydrogen (secondary N) is 1. The van der Waals surface area contributed by atoms with Crippen molar-refractivity contribution in [2.75, 3.05) is 12.3 Å². The van der Waals surface area contributed by atoms with E-state index in [4.69, 9.17) is 21.5 Å². The summed E-state index contributed by atoms with van der Waals surface area (Å²) in [6, 6.07) is 5.54. The molecule has 1 aromatic carbocycles. The molecule has 0 spiro atoms. The Hall–Kier alpha value is -2.02. The molecule has 0 unspecified atom stereocenters. The molecule has 6 nitrogen and oxygen atoms in total. The number of ether oxygens (including phenoxy) is 1. The molecular weight excluding hydrogens is 272 g/mol. The summed E-state index contributed by atoms with van der Waals surface area (Å²) >= 11 is 5.88. The predicted octanol–water partition coefficient (Wildman–Crippen LogP) is 2.40. The first kappa shape index (κ1) is 13.4. The zero-order valence-electron chi connectivity index (χ0n) is 9.88. The minimum absolute atomic E-state index is 0.0340. The number of aromatic nitrogens is 1. The number of halogens is 1. The number of pyridine rings is 1. The molecular formula is C12H10ClN2O4-. The molecule has 0 aliphatic rings. The molecule has 0 bridgehead atoms. The summed E-state index contributed by atoms with van der Waals surface area (Å²) in [7, 11) is 1.43. The minimum atomic E-state index is -0.364. The van der Waals surface area contributed by atoms with Gasteiger partial charge >= 0.3 is 0 Å². The summed E-state index contributed by atoms with van der Waals surface area (Å²) in [6.07, 6.45) is 1.37. The number of benzene rings is 1. The molecule has 2 rings (SSSR count). The molecule has 2 N–H and O–H groups in total. The number of nitrogens with zero attached hydrogens (tertiary/aromatic N) is 1. The average molecular weight is 282 g/mol. The fraction of sp³-hybridized carbons (Fsp3) is 0.0833. The van der Waals surface area contributed by atoms with Crippen molar-refractivity contribution in [1.29, 1.82) is 0 Å². The minimum Gasteiger partial charge on any atom is -0.733 e. The Bertz CT molecular complexity index is 654. The molecule has 2 aromatic rings. The summed E-state index contributed by atoms with van der Waals surface area (Å²) in [6.45, 7) is 0. The summed E-state index contributed by atoms with van der Waals surface area (Å²) in [5.41, 5.74) is 0.261. The Morgan fingerprint density at radius 3 is 2.74 bits per heavy atom. The molecule has 7 heteroatoms. The third-order valence-corrected chi connectivity index (χ3v) is 2.80. The van der Waals surface area contributed by atoms with E-state index in [9.17, 15) is 10.0 Å². The fourth-order valence-electron chi connectivity index (χ4n) is 1.73. The highest BCUT2D eigenvalue weighted by Gasteiger charge is 2.12. The van der Waals surface area contributed by atoms with Crippen molar-refractivity contribution >= 4 is 17.3 Å². The maximum absolute atomic E-state index is 11.4. The number of aromatic amines is 1. The van der Waals surface area contributed by atoms with E-state index >= 15 is 0 Å². The second kappa shape index (κ2) is 5.31. The molecule has 100 valence electrons. The summed E-state index contributed by atoms with van der Waals surface area (Å²) < 4.78 is 5.11. The van der Waals surface area contributed by atoms with E-state index in [1.807, 2.05) is 0 Å². The fourth-order valence-corrected chi connectivity index (χ4v) is 1.90. The van der Waals surface area contributed by atoms with Gasteiger partial charge in [-0.25, -0.2) is 0 Å². The van der Waals surface area contributed by atoms with E-state index in [0.717, 1.165) is 0 Å². The van der Waals surface area contributed by atoms with Crippen LogP contribution >= 0.6 is 11.6 Å². The lowest BCUT2D eigenvalue weighted by atomic mass is 10.0. The van der Waals surface area contributed by atoms with Gasteiger partial charge in [0.15, 0.2) is 0 Å². The van der Waals surface area contributed by atoms with Gasteiger partial charge in [0, 0.05) is 28.4 Å². The van der Waals surface area contributed by atoms with Gasteiger partial charge in [-0.15, -0.1) is 0 Å². The van der Waals surface area contributed by atoms with Gasteiger partial charge in [0.1, 0.15) is 5.75 Å². The van der Waals surface area contributed by atoms with Gasteiger partial charge in [0.25, 0.3) is 0 Å². The van der Waals surface area contributed by atoms with Crippen LogP contribution in [0.4, 0.5) is 5.69 Å². The van der Waals surface area contributed by atoms with E-state index in [1.54, 1.807) is 0 Å². The highest BCUT2D eigenvalue weighted by atomic mass is 35.5. The molecule has 0 aliphatic heterocycles. The van der Waals surface area contributed by atoms with Crippen LogP contribution in [-0.4, -0.2) is 17.3 Å². The SMILES string of the molecule is COc1c[nH]c(=O)cc1-c1cc(Cl)ccc1N([O-])O. The second-order valence-corrected chi connectivity index (χ2v) is 4.15. The maximum atomic E-state index is 11.4. The molecule has 0 amide bonds. The molecule has 0 fully saturated rings. The van der Waals surface area contributed by atoms with Gasteiger partial charge in [-0.05, 0) is 18.2 Å². The molecule has 19 heavy (non-hydrogen) atoms. The number of rotatable bonds is 3. The van der Waals surface area contributed by atoms with E-state index in [-0.39, 0.29) is 16.5 Å². The van der Waals surface area contributed by atoms with Crippen molar-refractivity contribution in [3.8, 4) is 16.9 Å². The van der Waals surface area contributed by atoms with Gasteiger partial charge in [-0.1, -0.05) is 11.6 Å². The van der Waals surface area contributed by atoms with Crippen LogP contribution in [0.1, 0.15) is 0 Å². The van der Waals surface area contributed by atoms with Crippen LogP contribution in [0.15, 0.2) is 35.3 Å². The largest absolute Gasteiger partial charge is 0.733 e. The Morgan fingerprint density at radius 1 is 1.37 bits per heavy atom. The van der Waals surface area contributed by atoms with Gasteiger partial charge in [-0.3, -0.25) is 10.0 Å². The van der Waals surface area contributed by atoms with E-state index in [1.165, 1.54) is 37.6 Å². The topological polar surface area (TPSA) is 88.6 Å². The first-order valence-electron chi connectivity index (χ1n) is 5.25. The number of methoxy groups -OCH3 is 1. The molecule has 0 atom stereocenters. The standard InChI is InChI=1S/C12H10ClN2O4/c1-19-11-6-14-12(16)5-9(11)8-4-7(13)2-3-10(8)15(17)18/h2-6,17H,1H3,(H,14,16)/q-1. The zero-order valence-corrected chi connectivity index (χ0v) is 10.6. The third-order valence-electron chi connectivity index (χ3n) is 2.56. The Kier molecular flexibility index (Phi) is 3.75. The Morgan fingerprint density at radius 2 is 2.11 bits per heavy atom. The van der Waals surface area contributed by atoms with Gasteiger partial charge in [0.2, 0.25) is 5.56 Å². The molecule has 0 aliphatic carbocycles. The molecule has 0 saturated heterocycles. The second-order valence-electron chi connectivity index (χ2n) is 3.71. The summed E-state index contributed by atoms with van der Waals surface area (Å²) in [5, 5.41) is 20.3. The predicted molar refractivity (Wildman–Crippen MR) is 71.7 cm³/mol. The third kappa shape index (κ3) is 2.70. The van der Waals surface area contributed by atoms with Crippen molar-refractivity contribution in [3.05, 3.63) is 51.0 Å². The van der Waals surface area contributed by atoms with Gasteiger partial charge < -0.3 is 20.2 Å². The van der Waals surface area contributed by atoms with E-state index in [2.05, 4.69) is 4.98 Å². The van der Waals surface area contributed by atoms with Crippen LogP contribution in [0.3, 0.4) is 0 Å². The van der Waals surface area contributed by atoms with E-state index < -0.39 is 0 Å². The highest BCUT2D eigenvalue weighted by molar-refractivity contribution is 6.31. The average Bonchev–Trinajstić information content (AvgIpc) is 2.38. The van der Waals surface area contributed by atoms with Crippen molar-refractivity contribution in [2.24, 2.45) is 0 Å². The summed E-state index contributed by atoms with van der Waals surface area (Å²) in [4.78, 5) is 13.9. The lowest BCUT2D eigenvalue weighted by Gasteiger charge is -2.25. The zero-order chi connectivity index (χ0) is 14.0. The number of hydrogen-bond donors (Lipinski definition) is 2. The first-order chi connectivity index (χ1) is 9.02. The molecule has 1 aromatic heterocycles. The maximum Gasteiger partial charge on any atom is 0.248 e. The summed E-state index contributed by atoms with van der Waals surface area (Å²) in [5.74, 6) is 0.352. The van der Waals surface area contributed by atoms with Crippen LogP contribution in [0.5, 0.6) is 5.75 Å². The van der Waals surface area contributed by atoms with Crippen molar-refractivity contribution < 1.29 is 9.94 Å². The van der Waals surface area contributed by atoms with Crippen molar-refractivity contribution in [1.82, 2.24) is 4.98 Å². The molecule has 0 saturated carbocycles. The Labute approximate surface area is 113 Å². The lowest BCUT2D eigenvalue weighted by Crippen LogP contribution is -2.10. The quantitative estimate of drug-likeness (QED) is 0.843. The molecule has 0 radical (unpaired) electrons. The van der Waals surface area contributed by atoms with Crippen LogP contribution in [0.25, 0.3) is 11.1 Å². The van der Waals surface area contributed by atoms with Crippen LogP contribution < -0.4 is 15.5 Å². The number of hydrogen-bond acceptors (Lipinski definition) is 5. The normalized spacial score (nSPS) is 10.3. The Balaban J connectivity index is 2.73. The van der Waals surface area contributed by atoms with Crippen LogP contribution in [0, 0.1) is 5.21 Å². The first-order valence-corrected chi connectivity index (χ1v) is 5.63. The van der Waals surface area contributed by atoms with Crippen molar-refractivity contribution in [2.45, 2.75) is 0 Å². The van der Waals surface area contributed by atoms with E-state index in [0.29, 0.717) is 21.9 Å². The van der Waals surface area contributed by atoms with Gasteiger partial charge in [-0.2, -0.15) is 0 Å². The van der Waals surface area contributed by atoms with Gasteiger partial charge in [0.05, 0.1) is 12.8 Å². The van der Waals surface area contributed by atoms with Crippen LogP contribution in [-0.2, 0) is 0 Å². The molecule has 1 heterocycles. The van der Waals surface area contributed by atoms with Crippen LogP contribution in [0.2, 0.25) is 5.02 Å².